The number of rotatable bonds is 3. The summed E-state index contributed by atoms with van der Waals surface area (Å²) in [4.78, 5) is 8.83. The maximum absolute atomic E-state index is 6.13. The van der Waals surface area contributed by atoms with E-state index in [4.69, 9.17) is 23.2 Å². The van der Waals surface area contributed by atoms with Crippen molar-refractivity contribution in [1.29, 1.82) is 0 Å². The van der Waals surface area contributed by atoms with Gasteiger partial charge >= 0.3 is 0 Å². The van der Waals surface area contributed by atoms with Gasteiger partial charge < -0.3 is 0 Å². The summed E-state index contributed by atoms with van der Waals surface area (Å²) in [7, 11) is 0. The number of hydrogen-bond donors (Lipinski definition) is 0. The Morgan fingerprint density at radius 3 is 2.56 bits per heavy atom. The van der Waals surface area contributed by atoms with Crippen LogP contribution in [0.15, 0.2) is 24.3 Å². The Balaban J connectivity index is 2.36. The van der Waals surface area contributed by atoms with Gasteiger partial charge in [-0.1, -0.05) is 48.3 Å². The molecular weight excluding hydrogens is 382 g/mol. The first kappa shape index (κ1) is 14.0. The molecule has 1 heterocycles. The molecule has 0 fully saturated rings. The van der Waals surface area contributed by atoms with Crippen molar-refractivity contribution in [2.75, 3.05) is 0 Å². The van der Waals surface area contributed by atoms with E-state index in [0.717, 1.165) is 26.3 Å². The van der Waals surface area contributed by atoms with Crippen molar-refractivity contribution in [3.05, 3.63) is 55.1 Å². The maximum Gasteiger partial charge on any atom is 0.146 e. The molecular formula is C13H11Cl2IN2. The molecule has 1 aromatic heterocycles. The van der Waals surface area contributed by atoms with Crippen molar-refractivity contribution in [3.8, 4) is 0 Å². The lowest BCUT2D eigenvalue weighted by Gasteiger charge is -2.07. The van der Waals surface area contributed by atoms with E-state index in [1.807, 2.05) is 24.3 Å². The van der Waals surface area contributed by atoms with Crippen LogP contribution in [0.4, 0.5) is 0 Å². The molecule has 0 unspecified atom stereocenters. The Hall–Kier alpha value is -0.390. The Morgan fingerprint density at radius 2 is 1.89 bits per heavy atom. The van der Waals surface area contributed by atoms with Crippen LogP contribution in [0.3, 0.4) is 0 Å². The predicted molar refractivity (Wildman–Crippen MR) is 83.4 cm³/mol. The SMILES string of the molecule is CCc1nc(Cc2ccccc2Cl)nc(Cl)c1I. The van der Waals surface area contributed by atoms with E-state index in [0.29, 0.717) is 17.4 Å². The van der Waals surface area contributed by atoms with Gasteiger partial charge in [-0.25, -0.2) is 9.97 Å². The summed E-state index contributed by atoms with van der Waals surface area (Å²) in [6.45, 7) is 2.06. The van der Waals surface area contributed by atoms with E-state index in [9.17, 15) is 0 Å². The molecule has 0 saturated heterocycles. The van der Waals surface area contributed by atoms with Crippen LogP contribution in [0.1, 0.15) is 24.0 Å². The first-order valence-electron chi connectivity index (χ1n) is 5.56. The first-order chi connectivity index (χ1) is 8.61. The molecule has 0 aliphatic heterocycles. The van der Waals surface area contributed by atoms with Gasteiger partial charge in [-0.3, -0.25) is 0 Å². The highest BCUT2D eigenvalue weighted by atomic mass is 127. The van der Waals surface area contributed by atoms with E-state index >= 15 is 0 Å². The number of nitrogens with zero attached hydrogens (tertiary/aromatic N) is 2. The molecule has 1 aromatic carbocycles. The standard InChI is InChI=1S/C13H11Cl2IN2/c1-2-10-12(16)13(15)18-11(17-10)7-8-5-3-4-6-9(8)14/h3-6H,2,7H2,1H3. The molecule has 5 heteroatoms. The van der Waals surface area contributed by atoms with Gasteiger partial charge in [-0.05, 0) is 40.6 Å². The van der Waals surface area contributed by atoms with Gasteiger partial charge in [0, 0.05) is 11.4 Å². The van der Waals surface area contributed by atoms with Gasteiger partial charge in [0.15, 0.2) is 0 Å². The second kappa shape index (κ2) is 6.17. The van der Waals surface area contributed by atoms with Crippen molar-refractivity contribution < 1.29 is 0 Å². The van der Waals surface area contributed by atoms with Crippen molar-refractivity contribution in [2.24, 2.45) is 0 Å². The van der Waals surface area contributed by atoms with Crippen LogP contribution < -0.4 is 0 Å². The molecule has 0 saturated carbocycles. The van der Waals surface area contributed by atoms with Crippen molar-refractivity contribution >= 4 is 45.8 Å². The largest absolute Gasteiger partial charge is 0.236 e. The molecule has 0 radical (unpaired) electrons. The quantitative estimate of drug-likeness (QED) is 0.566. The lowest BCUT2D eigenvalue weighted by atomic mass is 10.1. The van der Waals surface area contributed by atoms with E-state index in [1.54, 1.807) is 0 Å². The molecule has 94 valence electrons. The average molecular weight is 393 g/mol. The predicted octanol–water partition coefficient (Wildman–Crippen LogP) is 4.54. The molecule has 2 rings (SSSR count). The summed E-state index contributed by atoms with van der Waals surface area (Å²) < 4.78 is 0.930. The Labute approximate surface area is 130 Å². The highest BCUT2D eigenvalue weighted by Gasteiger charge is 2.10. The summed E-state index contributed by atoms with van der Waals surface area (Å²) in [5.74, 6) is 0.713. The minimum absolute atomic E-state index is 0.518. The van der Waals surface area contributed by atoms with Crippen molar-refractivity contribution in [3.63, 3.8) is 0 Å². The molecule has 0 atom stereocenters. The molecule has 2 aromatic rings. The summed E-state index contributed by atoms with van der Waals surface area (Å²) in [6.07, 6.45) is 1.44. The van der Waals surface area contributed by atoms with Gasteiger partial charge in [-0.15, -0.1) is 0 Å². The fourth-order valence-electron chi connectivity index (χ4n) is 1.64. The normalized spacial score (nSPS) is 10.7. The number of aromatic nitrogens is 2. The Kier molecular flexibility index (Phi) is 4.81. The number of benzene rings is 1. The number of halogens is 3. The molecule has 0 aliphatic carbocycles. The summed E-state index contributed by atoms with van der Waals surface area (Å²) in [5.41, 5.74) is 2.00. The van der Waals surface area contributed by atoms with Gasteiger partial charge in [-0.2, -0.15) is 0 Å². The lowest BCUT2D eigenvalue weighted by Crippen LogP contribution is -2.04. The molecule has 0 bridgehead atoms. The first-order valence-corrected chi connectivity index (χ1v) is 7.39. The second-order valence-electron chi connectivity index (χ2n) is 3.81. The average Bonchev–Trinajstić information content (AvgIpc) is 2.36. The lowest BCUT2D eigenvalue weighted by molar-refractivity contribution is 0.895. The van der Waals surface area contributed by atoms with Crippen LogP contribution in [0.25, 0.3) is 0 Å². The third-order valence-electron chi connectivity index (χ3n) is 2.57. The molecule has 0 aliphatic rings. The zero-order valence-electron chi connectivity index (χ0n) is 9.75. The third kappa shape index (κ3) is 3.13. The molecule has 2 nitrogen and oxygen atoms in total. The summed E-state index contributed by atoms with van der Waals surface area (Å²) in [5, 5.41) is 1.25. The second-order valence-corrected chi connectivity index (χ2v) is 5.66. The van der Waals surface area contributed by atoms with Crippen LogP contribution in [-0.2, 0) is 12.8 Å². The van der Waals surface area contributed by atoms with Crippen LogP contribution in [0, 0.1) is 3.57 Å². The van der Waals surface area contributed by atoms with Gasteiger partial charge in [0.2, 0.25) is 0 Å². The monoisotopic (exact) mass is 392 g/mol. The maximum atomic E-state index is 6.13. The number of aryl methyl sites for hydroxylation is 1. The smallest absolute Gasteiger partial charge is 0.146 e. The van der Waals surface area contributed by atoms with E-state index in [-0.39, 0.29) is 0 Å². The summed E-state index contributed by atoms with van der Waals surface area (Å²) >= 11 is 14.4. The Morgan fingerprint density at radius 1 is 1.17 bits per heavy atom. The summed E-state index contributed by atoms with van der Waals surface area (Å²) in [6, 6.07) is 7.70. The Bertz CT molecular complexity index is 573. The zero-order valence-corrected chi connectivity index (χ0v) is 13.4. The molecule has 0 N–H and O–H groups in total. The minimum Gasteiger partial charge on any atom is -0.236 e. The van der Waals surface area contributed by atoms with Crippen LogP contribution >= 0.6 is 45.8 Å². The van der Waals surface area contributed by atoms with E-state index in [1.165, 1.54) is 0 Å². The van der Waals surface area contributed by atoms with Gasteiger partial charge in [0.25, 0.3) is 0 Å². The van der Waals surface area contributed by atoms with Crippen molar-refractivity contribution in [2.45, 2.75) is 19.8 Å². The van der Waals surface area contributed by atoms with E-state index < -0.39 is 0 Å². The third-order valence-corrected chi connectivity index (χ3v) is 4.66. The highest BCUT2D eigenvalue weighted by Crippen LogP contribution is 2.22. The topological polar surface area (TPSA) is 25.8 Å². The highest BCUT2D eigenvalue weighted by molar-refractivity contribution is 14.1. The minimum atomic E-state index is 0.518. The van der Waals surface area contributed by atoms with Gasteiger partial charge in [0.1, 0.15) is 11.0 Å². The van der Waals surface area contributed by atoms with Crippen molar-refractivity contribution in [1.82, 2.24) is 9.97 Å². The fraction of sp³-hybridized carbons (Fsp3) is 0.231. The van der Waals surface area contributed by atoms with E-state index in [2.05, 4.69) is 39.5 Å². The zero-order chi connectivity index (χ0) is 13.1. The van der Waals surface area contributed by atoms with Crippen LogP contribution in [-0.4, -0.2) is 9.97 Å². The van der Waals surface area contributed by atoms with Crippen LogP contribution in [0.5, 0.6) is 0 Å². The fourth-order valence-corrected chi connectivity index (χ4v) is 2.67. The molecule has 18 heavy (non-hydrogen) atoms. The number of hydrogen-bond acceptors (Lipinski definition) is 2. The molecule has 0 spiro atoms. The molecule has 0 amide bonds. The van der Waals surface area contributed by atoms with Gasteiger partial charge in [0.05, 0.1) is 9.26 Å². The van der Waals surface area contributed by atoms with Crippen LogP contribution in [0.2, 0.25) is 10.2 Å².